The molecule has 0 bridgehead atoms. The van der Waals surface area contributed by atoms with Gasteiger partial charge in [-0.05, 0) is 24.1 Å². The van der Waals surface area contributed by atoms with E-state index in [0.29, 0.717) is 0 Å². The zero-order valence-electron chi connectivity index (χ0n) is 10.5. The molecule has 1 aromatic heterocycles. The Morgan fingerprint density at radius 3 is 2.55 bits per heavy atom. The molecule has 0 spiro atoms. The van der Waals surface area contributed by atoms with Crippen molar-refractivity contribution in [3.63, 3.8) is 0 Å². The van der Waals surface area contributed by atoms with Crippen LogP contribution in [0, 0.1) is 6.92 Å². The summed E-state index contributed by atoms with van der Waals surface area (Å²) in [5.41, 5.74) is 1.13. The second kappa shape index (κ2) is 5.46. The molecule has 7 heteroatoms. The first-order chi connectivity index (χ1) is 9.40. The molecule has 0 aliphatic heterocycles. The second-order valence-corrected chi connectivity index (χ2v) is 5.12. The fraction of sp³-hybridized carbons (Fsp3) is 0.154. The van der Waals surface area contributed by atoms with E-state index < -0.39 is 17.6 Å². The number of aromatic carboxylic acids is 2. The van der Waals surface area contributed by atoms with Gasteiger partial charge in [0.15, 0.2) is 11.4 Å². The lowest BCUT2D eigenvalue weighted by Gasteiger charge is -2.07. The SMILES string of the molecule is Cc1ccc(Cn2cnc(C(=O)O)c2C(=O)O)cc1Br. The first-order valence-electron chi connectivity index (χ1n) is 5.67. The van der Waals surface area contributed by atoms with Crippen molar-refractivity contribution in [3.8, 4) is 0 Å². The molecule has 2 aromatic rings. The molecule has 1 heterocycles. The smallest absolute Gasteiger partial charge is 0.357 e. The number of hydrogen-bond donors (Lipinski definition) is 2. The zero-order chi connectivity index (χ0) is 14.9. The second-order valence-electron chi connectivity index (χ2n) is 4.26. The first kappa shape index (κ1) is 14.3. The fourth-order valence-corrected chi connectivity index (χ4v) is 2.24. The van der Waals surface area contributed by atoms with Gasteiger partial charge in [-0.3, -0.25) is 0 Å². The summed E-state index contributed by atoms with van der Waals surface area (Å²) in [5, 5.41) is 18.1. The number of aromatic nitrogens is 2. The van der Waals surface area contributed by atoms with Gasteiger partial charge in [-0.25, -0.2) is 14.6 Å². The molecule has 2 rings (SSSR count). The number of hydrogen-bond acceptors (Lipinski definition) is 3. The Kier molecular flexibility index (Phi) is 3.89. The Bertz CT molecular complexity index is 694. The van der Waals surface area contributed by atoms with E-state index in [2.05, 4.69) is 20.9 Å². The number of halogens is 1. The molecule has 0 radical (unpaired) electrons. The van der Waals surface area contributed by atoms with Crippen LogP contribution in [0.25, 0.3) is 0 Å². The fourth-order valence-electron chi connectivity index (χ4n) is 1.81. The van der Waals surface area contributed by atoms with E-state index in [9.17, 15) is 9.59 Å². The predicted molar refractivity (Wildman–Crippen MR) is 74.1 cm³/mol. The van der Waals surface area contributed by atoms with Crippen molar-refractivity contribution in [2.75, 3.05) is 0 Å². The summed E-state index contributed by atoms with van der Waals surface area (Å²) in [6.45, 7) is 2.18. The van der Waals surface area contributed by atoms with Crippen molar-refractivity contribution in [3.05, 3.63) is 51.5 Å². The molecule has 104 valence electrons. The summed E-state index contributed by atoms with van der Waals surface area (Å²) in [6.07, 6.45) is 1.22. The van der Waals surface area contributed by atoms with Crippen LogP contribution in [-0.4, -0.2) is 31.7 Å². The maximum absolute atomic E-state index is 11.2. The normalized spacial score (nSPS) is 10.5. The highest BCUT2D eigenvalue weighted by Gasteiger charge is 2.22. The third-order valence-electron chi connectivity index (χ3n) is 2.83. The predicted octanol–water partition coefficient (Wildman–Crippen LogP) is 2.40. The molecule has 0 saturated carbocycles. The average Bonchev–Trinajstić information content (AvgIpc) is 2.78. The van der Waals surface area contributed by atoms with Gasteiger partial charge in [0.25, 0.3) is 0 Å². The topological polar surface area (TPSA) is 92.4 Å². The van der Waals surface area contributed by atoms with Crippen LogP contribution in [0.5, 0.6) is 0 Å². The largest absolute Gasteiger partial charge is 0.476 e. The molecule has 0 unspecified atom stereocenters. The minimum Gasteiger partial charge on any atom is -0.476 e. The van der Waals surface area contributed by atoms with Crippen molar-refractivity contribution >= 4 is 27.9 Å². The van der Waals surface area contributed by atoms with E-state index in [-0.39, 0.29) is 12.2 Å². The Morgan fingerprint density at radius 2 is 2.00 bits per heavy atom. The number of benzene rings is 1. The van der Waals surface area contributed by atoms with E-state index in [4.69, 9.17) is 10.2 Å². The van der Waals surface area contributed by atoms with Gasteiger partial charge in [0.2, 0.25) is 0 Å². The van der Waals surface area contributed by atoms with Crippen molar-refractivity contribution in [1.29, 1.82) is 0 Å². The van der Waals surface area contributed by atoms with Crippen LogP contribution in [0.1, 0.15) is 32.1 Å². The number of carbonyl (C=O) groups is 2. The summed E-state index contributed by atoms with van der Waals surface area (Å²) in [7, 11) is 0. The van der Waals surface area contributed by atoms with Crippen molar-refractivity contribution in [1.82, 2.24) is 9.55 Å². The first-order valence-corrected chi connectivity index (χ1v) is 6.46. The summed E-state index contributed by atoms with van der Waals surface area (Å²) < 4.78 is 2.22. The van der Waals surface area contributed by atoms with Crippen LogP contribution < -0.4 is 0 Å². The third-order valence-corrected chi connectivity index (χ3v) is 3.69. The molecule has 0 aliphatic rings. The molecule has 0 amide bonds. The van der Waals surface area contributed by atoms with Crippen LogP contribution in [0.3, 0.4) is 0 Å². The summed E-state index contributed by atoms with van der Waals surface area (Å²) in [6, 6.07) is 5.61. The minimum absolute atomic E-state index is 0.237. The number of carboxylic acids is 2. The maximum atomic E-state index is 11.2. The van der Waals surface area contributed by atoms with Gasteiger partial charge < -0.3 is 14.8 Å². The standard InChI is InChI=1S/C13H11BrN2O4/c1-7-2-3-8(4-9(7)14)5-16-6-15-10(12(17)18)11(16)13(19)20/h2-4,6H,5H2,1H3,(H,17,18)(H,19,20). The molecule has 20 heavy (non-hydrogen) atoms. The molecule has 2 N–H and O–H groups in total. The van der Waals surface area contributed by atoms with Gasteiger partial charge in [-0.1, -0.05) is 28.1 Å². The third kappa shape index (κ3) is 2.72. The van der Waals surface area contributed by atoms with E-state index in [0.717, 1.165) is 15.6 Å². The zero-order valence-corrected chi connectivity index (χ0v) is 12.1. The molecule has 6 nitrogen and oxygen atoms in total. The lowest BCUT2D eigenvalue weighted by atomic mass is 10.1. The molecule has 0 aliphatic carbocycles. The Hall–Kier alpha value is -2.15. The van der Waals surface area contributed by atoms with Gasteiger partial charge in [0.1, 0.15) is 0 Å². The Morgan fingerprint density at radius 1 is 1.30 bits per heavy atom. The molecule has 0 atom stereocenters. The average molecular weight is 339 g/mol. The number of carboxylic acid groups (broad SMARTS) is 2. The number of imidazole rings is 1. The molecule has 1 aromatic carbocycles. The number of rotatable bonds is 4. The van der Waals surface area contributed by atoms with Crippen molar-refractivity contribution in [2.24, 2.45) is 0 Å². The van der Waals surface area contributed by atoms with Crippen molar-refractivity contribution in [2.45, 2.75) is 13.5 Å². The lowest BCUT2D eigenvalue weighted by Crippen LogP contribution is -2.13. The highest BCUT2D eigenvalue weighted by molar-refractivity contribution is 9.10. The van der Waals surface area contributed by atoms with Crippen LogP contribution >= 0.6 is 15.9 Å². The number of nitrogens with zero attached hydrogens (tertiary/aromatic N) is 2. The van der Waals surface area contributed by atoms with Crippen LogP contribution in [0.2, 0.25) is 0 Å². The van der Waals surface area contributed by atoms with E-state index in [1.807, 2.05) is 25.1 Å². The number of aryl methyl sites for hydroxylation is 1. The van der Waals surface area contributed by atoms with Gasteiger partial charge in [0, 0.05) is 11.0 Å². The van der Waals surface area contributed by atoms with Crippen LogP contribution in [0.15, 0.2) is 29.0 Å². The quantitative estimate of drug-likeness (QED) is 0.892. The van der Waals surface area contributed by atoms with Gasteiger partial charge in [0.05, 0.1) is 6.33 Å². The summed E-state index contributed by atoms with van der Waals surface area (Å²) in [5.74, 6) is -2.67. The van der Waals surface area contributed by atoms with Crippen LogP contribution in [0.4, 0.5) is 0 Å². The van der Waals surface area contributed by atoms with E-state index in [1.54, 1.807) is 0 Å². The van der Waals surface area contributed by atoms with Crippen molar-refractivity contribution < 1.29 is 19.8 Å². The molecule has 0 fully saturated rings. The van der Waals surface area contributed by atoms with Gasteiger partial charge in [-0.2, -0.15) is 0 Å². The van der Waals surface area contributed by atoms with Crippen LogP contribution in [-0.2, 0) is 6.54 Å². The maximum Gasteiger partial charge on any atom is 0.357 e. The Balaban J connectivity index is 2.41. The highest BCUT2D eigenvalue weighted by Crippen LogP contribution is 2.19. The lowest BCUT2D eigenvalue weighted by molar-refractivity contribution is 0.0640. The molecular formula is C13H11BrN2O4. The Labute approximate surface area is 122 Å². The van der Waals surface area contributed by atoms with E-state index in [1.165, 1.54) is 10.9 Å². The van der Waals surface area contributed by atoms with Gasteiger partial charge >= 0.3 is 11.9 Å². The molecular weight excluding hydrogens is 328 g/mol. The highest BCUT2D eigenvalue weighted by atomic mass is 79.9. The van der Waals surface area contributed by atoms with Gasteiger partial charge in [-0.15, -0.1) is 0 Å². The monoisotopic (exact) mass is 338 g/mol. The minimum atomic E-state index is -1.36. The summed E-state index contributed by atoms with van der Waals surface area (Å²) >= 11 is 3.40. The van der Waals surface area contributed by atoms with E-state index >= 15 is 0 Å². The molecule has 0 saturated heterocycles. The summed E-state index contributed by atoms with van der Waals surface area (Å²) in [4.78, 5) is 25.8.